The molecule has 0 aliphatic rings. The van der Waals surface area contributed by atoms with Crippen LogP contribution in [0.25, 0.3) is 0 Å². The second-order valence-corrected chi connectivity index (χ2v) is 12.2. The summed E-state index contributed by atoms with van der Waals surface area (Å²) in [5.74, 6) is -1.21. The van der Waals surface area contributed by atoms with Crippen molar-refractivity contribution in [3.05, 3.63) is 64.1 Å². The first-order valence-electron chi connectivity index (χ1n) is 10.9. The first kappa shape index (κ1) is 29.6. The van der Waals surface area contributed by atoms with Crippen LogP contribution in [-0.4, -0.2) is 49.5 Å². The van der Waals surface area contributed by atoms with Crippen molar-refractivity contribution in [2.75, 3.05) is 17.1 Å². The highest BCUT2D eigenvalue weighted by Gasteiger charge is 2.34. The third-order valence-electron chi connectivity index (χ3n) is 5.07. The quantitative estimate of drug-likeness (QED) is 0.487. The predicted molar refractivity (Wildman–Crippen MR) is 136 cm³/mol. The van der Waals surface area contributed by atoms with Crippen molar-refractivity contribution in [1.82, 2.24) is 10.2 Å². The van der Waals surface area contributed by atoms with Gasteiger partial charge in [-0.1, -0.05) is 34.1 Å². The average molecular weight is 592 g/mol. The Morgan fingerprint density at radius 2 is 1.64 bits per heavy atom. The summed E-state index contributed by atoms with van der Waals surface area (Å²) >= 11 is 3.33. The van der Waals surface area contributed by atoms with Crippen LogP contribution in [0.4, 0.5) is 18.9 Å². The molecule has 0 aliphatic carbocycles. The van der Waals surface area contributed by atoms with Gasteiger partial charge >= 0.3 is 6.18 Å². The van der Waals surface area contributed by atoms with E-state index in [1.165, 1.54) is 17.9 Å². The largest absolute Gasteiger partial charge is 0.416 e. The number of sulfonamides is 1. The number of hydrogen-bond donors (Lipinski definition) is 1. The number of benzene rings is 2. The number of rotatable bonds is 8. The summed E-state index contributed by atoms with van der Waals surface area (Å²) in [7, 11) is -4.15. The summed E-state index contributed by atoms with van der Waals surface area (Å²) in [5, 5.41) is 2.79. The van der Waals surface area contributed by atoms with Crippen molar-refractivity contribution in [3.8, 4) is 0 Å². The van der Waals surface area contributed by atoms with E-state index in [0.29, 0.717) is 15.9 Å². The standard InChI is InChI=1S/C24H29BrF3N3O4S/c1-16(22(33)29-23(2,3)4)30(14-17-9-11-19(25)12-10-17)21(32)15-31(36(5,34)35)20-8-6-7-18(13-20)24(26,27)28/h6-13,16H,14-15H2,1-5H3,(H,29,33)/t16-/m1/s1. The molecule has 2 aromatic rings. The Labute approximate surface area is 217 Å². The fourth-order valence-corrected chi connectivity index (χ4v) is 4.40. The number of anilines is 1. The van der Waals surface area contributed by atoms with E-state index in [9.17, 15) is 31.2 Å². The second-order valence-electron chi connectivity index (χ2n) is 9.38. The summed E-state index contributed by atoms with van der Waals surface area (Å²) in [6.07, 6.45) is -3.90. The van der Waals surface area contributed by atoms with Gasteiger partial charge in [-0.25, -0.2) is 8.42 Å². The highest BCUT2D eigenvalue weighted by atomic mass is 79.9. The van der Waals surface area contributed by atoms with Crippen molar-refractivity contribution < 1.29 is 31.2 Å². The second kappa shape index (κ2) is 11.2. The highest BCUT2D eigenvalue weighted by molar-refractivity contribution is 9.10. The number of nitrogens with one attached hydrogen (secondary N) is 1. The van der Waals surface area contributed by atoms with E-state index in [1.54, 1.807) is 45.0 Å². The molecule has 0 radical (unpaired) electrons. The van der Waals surface area contributed by atoms with E-state index < -0.39 is 51.7 Å². The van der Waals surface area contributed by atoms with Gasteiger partial charge in [0.1, 0.15) is 12.6 Å². The number of hydrogen-bond acceptors (Lipinski definition) is 4. The lowest BCUT2D eigenvalue weighted by atomic mass is 10.1. The maximum Gasteiger partial charge on any atom is 0.416 e. The topological polar surface area (TPSA) is 86.8 Å². The van der Waals surface area contributed by atoms with E-state index in [2.05, 4.69) is 21.2 Å². The van der Waals surface area contributed by atoms with Crippen LogP contribution < -0.4 is 9.62 Å². The summed E-state index contributed by atoms with van der Waals surface area (Å²) in [4.78, 5) is 27.5. The molecule has 2 rings (SSSR count). The van der Waals surface area contributed by atoms with Crippen molar-refractivity contribution in [3.63, 3.8) is 0 Å². The van der Waals surface area contributed by atoms with E-state index >= 15 is 0 Å². The first-order chi connectivity index (χ1) is 16.4. The minimum absolute atomic E-state index is 0.0228. The van der Waals surface area contributed by atoms with Crippen LogP contribution in [0.15, 0.2) is 53.0 Å². The number of alkyl halides is 3. The van der Waals surface area contributed by atoms with Gasteiger partial charge < -0.3 is 10.2 Å². The van der Waals surface area contributed by atoms with Gasteiger partial charge in [-0.15, -0.1) is 0 Å². The van der Waals surface area contributed by atoms with Crippen LogP contribution in [-0.2, 0) is 32.3 Å². The zero-order chi connectivity index (χ0) is 27.5. The van der Waals surface area contributed by atoms with Crippen molar-refractivity contribution >= 4 is 43.5 Å². The molecule has 0 saturated heterocycles. The monoisotopic (exact) mass is 591 g/mol. The maximum atomic E-state index is 13.4. The molecule has 1 atom stereocenters. The third kappa shape index (κ3) is 8.51. The summed E-state index contributed by atoms with van der Waals surface area (Å²) in [6.45, 7) is 6.02. The Kier molecular flexibility index (Phi) is 9.22. The zero-order valence-corrected chi connectivity index (χ0v) is 23.0. The fraction of sp³-hybridized carbons (Fsp3) is 0.417. The van der Waals surface area contributed by atoms with Crippen LogP contribution in [0, 0.1) is 0 Å². The van der Waals surface area contributed by atoms with Gasteiger partial charge in [0.05, 0.1) is 17.5 Å². The van der Waals surface area contributed by atoms with Crippen LogP contribution >= 0.6 is 15.9 Å². The molecule has 7 nitrogen and oxygen atoms in total. The molecule has 1 N–H and O–H groups in total. The number of halogens is 4. The molecule has 12 heteroatoms. The Morgan fingerprint density at radius 3 is 2.14 bits per heavy atom. The molecular weight excluding hydrogens is 563 g/mol. The molecule has 0 aromatic heterocycles. The zero-order valence-electron chi connectivity index (χ0n) is 20.6. The fourth-order valence-electron chi connectivity index (χ4n) is 3.29. The van der Waals surface area contributed by atoms with E-state index in [0.717, 1.165) is 22.9 Å². The Bertz CT molecular complexity index is 1200. The molecule has 0 fully saturated rings. The molecule has 0 bridgehead atoms. The van der Waals surface area contributed by atoms with Gasteiger partial charge in [0.2, 0.25) is 21.8 Å². The predicted octanol–water partition coefficient (Wildman–Crippen LogP) is 4.57. The summed E-state index contributed by atoms with van der Waals surface area (Å²) < 4.78 is 66.1. The molecule has 0 saturated carbocycles. The first-order valence-corrected chi connectivity index (χ1v) is 13.5. The molecule has 0 unspecified atom stereocenters. The van der Waals surface area contributed by atoms with Crippen LogP contribution in [0.1, 0.15) is 38.8 Å². The van der Waals surface area contributed by atoms with Gasteiger partial charge in [-0.3, -0.25) is 13.9 Å². The lowest BCUT2D eigenvalue weighted by molar-refractivity contribution is -0.140. The van der Waals surface area contributed by atoms with Gasteiger partial charge in [0.25, 0.3) is 0 Å². The van der Waals surface area contributed by atoms with Crippen molar-refractivity contribution in [2.45, 2.75) is 52.0 Å². The van der Waals surface area contributed by atoms with Crippen LogP contribution in [0.5, 0.6) is 0 Å². The number of carbonyl (C=O) groups excluding carboxylic acids is 2. The van der Waals surface area contributed by atoms with Crippen molar-refractivity contribution in [1.29, 1.82) is 0 Å². The van der Waals surface area contributed by atoms with Gasteiger partial charge in [0.15, 0.2) is 0 Å². The maximum absolute atomic E-state index is 13.4. The Hall–Kier alpha value is -2.60. The normalized spacial score (nSPS) is 13.1. The van der Waals surface area contributed by atoms with Crippen molar-refractivity contribution in [2.24, 2.45) is 0 Å². The molecule has 2 aromatic carbocycles. The Balaban J connectivity index is 2.45. The smallest absolute Gasteiger partial charge is 0.350 e. The van der Waals surface area contributed by atoms with Crippen LogP contribution in [0.2, 0.25) is 0 Å². The SMILES string of the molecule is C[C@H](C(=O)NC(C)(C)C)N(Cc1ccc(Br)cc1)C(=O)CN(c1cccc(C(F)(F)F)c1)S(C)(=O)=O. The van der Waals surface area contributed by atoms with Gasteiger partial charge in [-0.2, -0.15) is 13.2 Å². The van der Waals surface area contributed by atoms with Gasteiger partial charge in [0, 0.05) is 16.6 Å². The number of amides is 2. The average Bonchev–Trinajstić information content (AvgIpc) is 2.74. The lowest BCUT2D eigenvalue weighted by Crippen LogP contribution is -2.54. The minimum Gasteiger partial charge on any atom is -0.350 e. The molecule has 0 aliphatic heterocycles. The minimum atomic E-state index is -4.70. The lowest BCUT2D eigenvalue weighted by Gasteiger charge is -2.33. The molecule has 198 valence electrons. The van der Waals surface area contributed by atoms with Gasteiger partial charge in [-0.05, 0) is 63.6 Å². The summed E-state index contributed by atoms with van der Waals surface area (Å²) in [6, 6.07) is 9.71. The van der Waals surface area contributed by atoms with E-state index in [4.69, 9.17) is 0 Å². The molecule has 36 heavy (non-hydrogen) atoms. The number of carbonyl (C=O) groups is 2. The molecule has 0 spiro atoms. The highest BCUT2D eigenvalue weighted by Crippen LogP contribution is 2.32. The van der Waals surface area contributed by atoms with E-state index in [-0.39, 0.29) is 12.2 Å². The number of nitrogens with zero attached hydrogens (tertiary/aromatic N) is 2. The third-order valence-corrected chi connectivity index (χ3v) is 6.74. The molecule has 2 amide bonds. The molecule has 0 heterocycles. The Morgan fingerprint density at radius 1 is 1.06 bits per heavy atom. The van der Waals surface area contributed by atoms with Crippen LogP contribution in [0.3, 0.4) is 0 Å². The molecular formula is C24H29BrF3N3O4S. The van der Waals surface area contributed by atoms with E-state index in [1.807, 2.05) is 0 Å². The summed E-state index contributed by atoms with van der Waals surface area (Å²) in [5.41, 5.74) is -1.28.